The molecule has 0 aliphatic heterocycles. The van der Waals surface area contributed by atoms with Gasteiger partial charge in [0.1, 0.15) is 0 Å². The molecule has 0 bridgehead atoms. The van der Waals surface area contributed by atoms with Crippen LogP contribution in [0.15, 0.2) is 54.9 Å². The van der Waals surface area contributed by atoms with E-state index in [0.29, 0.717) is 0 Å². The largest absolute Gasteiger partial charge is 0.308 e. The van der Waals surface area contributed by atoms with Crippen LogP contribution in [0.3, 0.4) is 0 Å². The van der Waals surface area contributed by atoms with E-state index in [2.05, 4.69) is 40.4 Å². The van der Waals surface area contributed by atoms with E-state index < -0.39 is 0 Å². The number of nitrogens with one attached hydrogen (secondary N) is 1. The SMILES string of the molecule is CNC(c1cnc2ccccc2c1)c1cc(C)ccn1. The van der Waals surface area contributed by atoms with Gasteiger partial charge in [-0.1, -0.05) is 18.2 Å². The molecular formula is C17H17N3. The molecule has 0 radical (unpaired) electrons. The smallest absolute Gasteiger partial charge is 0.0764 e. The van der Waals surface area contributed by atoms with Crippen molar-refractivity contribution in [3.05, 3.63) is 71.7 Å². The summed E-state index contributed by atoms with van der Waals surface area (Å²) in [7, 11) is 1.95. The summed E-state index contributed by atoms with van der Waals surface area (Å²) >= 11 is 0. The van der Waals surface area contributed by atoms with E-state index in [0.717, 1.165) is 22.2 Å². The van der Waals surface area contributed by atoms with Gasteiger partial charge in [-0.15, -0.1) is 0 Å². The second-order valence-electron chi connectivity index (χ2n) is 4.94. The molecule has 1 aromatic carbocycles. The number of rotatable bonds is 3. The zero-order valence-corrected chi connectivity index (χ0v) is 11.7. The van der Waals surface area contributed by atoms with E-state index in [-0.39, 0.29) is 6.04 Å². The molecule has 1 N–H and O–H groups in total. The number of aryl methyl sites for hydroxylation is 1. The van der Waals surface area contributed by atoms with Gasteiger partial charge in [0.05, 0.1) is 17.3 Å². The summed E-state index contributed by atoms with van der Waals surface area (Å²) in [6, 6.07) is 14.5. The van der Waals surface area contributed by atoms with Crippen molar-refractivity contribution in [2.45, 2.75) is 13.0 Å². The minimum atomic E-state index is 0.0620. The molecule has 2 aromatic heterocycles. The highest BCUT2D eigenvalue weighted by Gasteiger charge is 2.14. The normalized spacial score (nSPS) is 12.5. The second kappa shape index (κ2) is 5.39. The van der Waals surface area contributed by atoms with E-state index in [4.69, 9.17) is 0 Å². The molecule has 20 heavy (non-hydrogen) atoms. The Bertz CT molecular complexity index is 737. The Labute approximate surface area is 118 Å². The highest BCUT2D eigenvalue weighted by Crippen LogP contribution is 2.23. The minimum absolute atomic E-state index is 0.0620. The summed E-state index contributed by atoms with van der Waals surface area (Å²) in [6.07, 6.45) is 3.77. The Morgan fingerprint density at radius 3 is 2.70 bits per heavy atom. The number of nitrogens with zero attached hydrogens (tertiary/aromatic N) is 2. The molecule has 1 unspecified atom stereocenters. The van der Waals surface area contributed by atoms with Crippen LogP contribution in [0, 0.1) is 6.92 Å². The maximum absolute atomic E-state index is 4.53. The third-order valence-electron chi connectivity index (χ3n) is 3.47. The van der Waals surface area contributed by atoms with Crippen molar-refractivity contribution in [2.24, 2.45) is 0 Å². The lowest BCUT2D eigenvalue weighted by molar-refractivity contribution is 0.669. The number of hydrogen-bond acceptors (Lipinski definition) is 3. The Balaban J connectivity index is 2.07. The van der Waals surface area contributed by atoms with Crippen LogP contribution in [0.1, 0.15) is 22.9 Å². The summed E-state index contributed by atoms with van der Waals surface area (Å²) < 4.78 is 0. The van der Waals surface area contributed by atoms with Crippen LogP contribution in [0.4, 0.5) is 0 Å². The Hall–Kier alpha value is -2.26. The van der Waals surface area contributed by atoms with Crippen molar-refractivity contribution >= 4 is 10.9 Å². The first-order valence-corrected chi connectivity index (χ1v) is 6.72. The number of para-hydroxylation sites is 1. The van der Waals surface area contributed by atoms with Gasteiger partial charge in [0.15, 0.2) is 0 Å². The van der Waals surface area contributed by atoms with E-state index in [1.54, 1.807) is 0 Å². The fourth-order valence-electron chi connectivity index (χ4n) is 2.45. The Morgan fingerprint density at radius 2 is 1.90 bits per heavy atom. The summed E-state index contributed by atoms with van der Waals surface area (Å²) in [5.74, 6) is 0. The fraction of sp³-hybridized carbons (Fsp3) is 0.176. The average Bonchev–Trinajstić information content (AvgIpc) is 2.48. The number of aromatic nitrogens is 2. The van der Waals surface area contributed by atoms with Crippen LogP contribution >= 0.6 is 0 Å². The lowest BCUT2D eigenvalue weighted by Gasteiger charge is -2.16. The molecule has 1 atom stereocenters. The van der Waals surface area contributed by atoms with E-state index >= 15 is 0 Å². The lowest BCUT2D eigenvalue weighted by atomic mass is 10.0. The monoisotopic (exact) mass is 263 g/mol. The van der Waals surface area contributed by atoms with Gasteiger partial charge in [0, 0.05) is 17.8 Å². The number of fused-ring (bicyclic) bond motifs is 1. The van der Waals surface area contributed by atoms with Crippen LogP contribution in [0.2, 0.25) is 0 Å². The maximum atomic E-state index is 4.53. The summed E-state index contributed by atoms with van der Waals surface area (Å²) in [4.78, 5) is 9.01. The molecule has 0 spiro atoms. The number of hydrogen-bond donors (Lipinski definition) is 1. The van der Waals surface area contributed by atoms with Gasteiger partial charge < -0.3 is 5.32 Å². The van der Waals surface area contributed by atoms with Crippen molar-refractivity contribution in [2.75, 3.05) is 7.05 Å². The first-order valence-electron chi connectivity index (χ1n) is 6.72. The number of benzene rings is 1. The van der Waals surface area contributed by atoms with Gasteiger partial charge in [-0.25, -0.2) is 0 Å². The van der Waals surface area contributed by atoms with Gasteiger partial charge in [0.25, 0.3) is 0 Å². The zero-order valence-electron chi connectivity index (χ0n) is 11.7. The Morgan fingerprint density at radius 1 is 1.05 bits per heavy atom. The van der Waals surface area contributed by atoms with Crippen molar-refractivity contribution in [3.8, 4) is 0 Å². The molecule has 3 nitrogen and oxygen atoms in total. The third-order valence-corrected chi connectivity index (χ3v) is 3.47. The second-order valence-corrected chi connectivity index (χ2v) is 4.94. The van der Waals surface area contributed by atoms with Crippen LogP contribution in [0.25, 0.3) is 10.9 Å². The Kier molecular flexibility index (Phi) is 3.44. The molecular weight excluding hydrogens is 246 g/mol. The summed E-state index contributed by atoms with van der Waals surface area (Å²) in [6.45, 7) is 2.08. The molecule has 3 rings (SSSR count). The minimum Gasteiger partial charge on any atom is -0.308 e. The van der Waals surface area contributed by atoms with Crippen molar-refractivity contribution in [1.82, 2.24) is 15.3 Å². The molecule has 0 saturated heterocycles. The van der Waals surface area contributed by atoms with Crippen LogP contribution in [-0.2, 0) is 0 Å². The molecule has 3 heteroatoms. The van der Waals surface area contributed by atoms with Gasteiger partial charge in [-0.05, 0) is 49.4 Å². The zero-order chi connectivity index (χ0) is 13.9. The highest BCUT2D eigenvalue weighted by atomic mass is 14.9. The molecule has 3 aromatic rings. The maximum Gasteiger partial charge on any atom is 0.0764 e. The fourth-order valence-corrected chi connectivity index (χ4v) is 2.45. The van der Waals surface area contributed by atoms with Crippen LogP contribution in [0.5, 0.6) is 0 Å². The van der Waals surface area contributed by atoms with Crippen molar-refractivity contribution in [1.29, 1.82) is 0 Å². The first-order chi connectivity index (χ1) is 9.78. The number of pyridine rings is 2. The van der Waals surface area contributed by atoms with Crippen LogP contribution in [-0.4, -0.2) is 17.0 Å². The standard InChI is InChI=1S/C17H17N3/c1-12-7-8-19-16(9-12)17(18-2)14-10-13-5-3-4-6-15(13)20-11-14/h3-11,17-18H,1-2H3. The van der Waals surface area contributed by atoms with Gasteiger partial charge in [-0.2, -0.15) is 0 Å². The van der Waals surface area contributed by atoms with Gasteiger partial charge in [0.2, 0.25) is 0 Å². The predicted molar refractivity (Wildman–Crippen MR) is 81.6 cm³/mol. The van der Waals surface area contributed by atoms with E-state index in [1.165, 1.54) is 5.56 Å². The molecule has 0 aliphatic rings. The third kappa shape index (κ3) is 2.40. The van der Waals surface area contributed by atoms with Gasteiger partial charge in [-0.3, -0.25) is 9.97 Å². The highest BCUT2D eigenvalue weighted by molar-refractivity contribution is 5.78. The van der Waals surface area contributed by atoms with Crippen LogP contribution < -0.4 is 5.32 Å². The molecule has 0 amide bonds. The average molecular weight is 263 g/mol. The molecule has 0 saturated carbocycles. The van der Waals surface area contributed by atoms with E-state index in [9.17, 15) is 0 Å². The topological polar surface area (TPSA) is 37.8 Å². The predicted octanol–water partition coefficient (Wildman–Crippen LogP) is 3.25. The molecule has 0 aliphatic carbocycles. The lowest BCUT2D eigenvalue weighted by Crippen LogP contribution is -2.19. The van der Waals surface area contributed by atoms with Crippen molar-refractivity contribution in [3.63, 3.8) is 0 Å². The molecule has 0 fully saturated rings. The van der Waals surface area contributed by atoms with Crippen molar-refractivity contribution < 1.29 is 0 Å². The first kappa shape index (κ1) is 12.8. The summed E-state index contributed by atoms with van der Waals surface area (Å²) in [5.41, 5.74) is 4.38. The summed E-state index contributed by atoms with van der Waals surface area (Å²) in [5, 5.41) is 4.47. The van der Waals surface area contributed by atoms with E-state index in [1.807, 2.05) is 43.7 Å². The van der Waals surface area contributed by atoms with Gasteiger partial charge >= 0.3 is 0 Å². The molecule has 2 heterocycles. The molecule has 100 valence electrons. The quantitative estimate of drug-likeness (QED) is 0.788.